The molecule has 0 fully saturated rings. The average molecular weight is 412 g/mol. The zero-order chi connectivity index (χ0) is 20.3. The fourth-order valence-electron chi connectivity index (χ4n) is 2.82. The molecule has 0 unspecified atom stereocenters. The Bertz CT molecular complexity index is 1210. The molecule has 0 saturated carbocycles. The lowest BCUT2D eigenvalue weighted by molar-refractivity contribution is 0.318. The summed E-state index contributed by atoms with van der Waals surface area (Å²) < 4.78 is 27.8. The van der Waals surface area contributed by atoms with Crippen molar-refractivity contribution >= 4 is 32.4 Å². The molecule has 3 N–H and O–H groups in total. The Labute approximate surface area is 167 Å². The number of anilines is 2. The Morgan fingerprint density at radius 1 is 1.10 bits per heavy atom. The number of nitrogens with zero attached hydrogens (tertiary/aromatic N) is 3. The summed E-state index contributed by atoms with van der Waals surface area (Å²) in [5.74, 6) is 1.88. The van der Waals surface area contributed by atoms with E-state index in [0.717, 1.165) is 22.2 Å². The van der Waals surface area contributed by atoms with Crippen LogP contribution >= 0.6 is 0 Å². The molecular weight excluding hydrogens is 392 g/mol. The van der Waals surface area contributed by atoms with Crippen molar-refractivity contribution in [3.05, 3.63) is 48.7 Å². The van der Waals surface area contributed by atoms with Crippen LogP contribution in [0.3, 0.4) is 0 Å². The molecule has 0 atom stereocenters. The molecule has 0 aliphatic rings. The third-order valence-corrected chi connectivity index (χ3v) is 5.27. The van der Waals surface area contributed by atoms with Crippen LogP contribution in [-0.4, -0.2) is 52.4 Å². The topological polar surface area (TPSA) is 126 Å². The number of hydrogen-bond acceptors (Lipinski definition) is 7. The molecule has 0 radical (unpaired) electrons. The van der Waals surface area contributed by atoms with E-state index >= 15 is 0 Å². The first-order valence-electron chi connectivity index (χ1n) is 9.00. The number of benzene rings is 2. The fraction of sp³-hybridized carbons (Fsp3) is 0.211. The summed E-state index contributed by atoms with van der Waals surface area (Å²) in [4.78, 5) is 4.47. The van der Waals surface area contributed by atoms with E-state index in [4.69, 9.17) is 4.74 Å². The highest BCUT2D eigenvalue weighted by atomic mass is 32.2. The first kappa shape index (κ1) is 18.9. The van der Waals surface area contributed by atoms with Gasteiger partial charge in [-0.15, -0.1) is 5.10 Å². The minimum atomic E-state index is -2.96. The fourth-order valence-corrected chi connectivity index (χ4v) is 3.46. The highest BCUT2D eigenvalue weighted by Gasteiger charge is 2.08. The Kier molecular flexibility index (Phi) is 5.17. The molecule has 0 saturated heterocycles. The Morgan fingerprint density at radius 2 is 1.93 bits per heavy atom. The second kappa shape index (κ2) is 7.92. The van der Waals surface area contributed by atoms with Crippen LogP contribution in [0, 0.1) is 0 Å². The van der Waals surface area contributed by atoms with Gasteiger partial charge in [-0.2, -0.15) is 10.1 Å². The standard InChI is InChI=1S/C19H20N6O3S/c1-29(26,27)10-2-9-28-16-6-3-13(4-7-16)18-22-19(25-24-18)21-15-5-8-17-14(11-15)12-20-23-17/h3-8,11-12H,2,9-10H2,1H3,(H,20,23)(H2,21,22,24,25). The zero-order valence-electron chi connectivity index (χ0n) is 15.7. The van der Waals surface area contributed by atoms with Crippen molar-refractivity contribution in [2.45, 2.75) is 6.42 Å². The number of nitrogens with one attached hydrogen (secondary N) is 3. The summed E-state index contributed by atoms with van der Waals surface area (Å²) in [5, 5.41) is 18.2. The van der Waals surface area contributed by atoms with E-state index in [1.807, 2.05) is 42.5 Å². The van der Waals surface area contributed by atoms with E-state index in [9.17, 15) is 8.42 Å². The van der Waals surface area contributed by atoms with Gasteiger partial charge in [0.25, 0.3) is 0 Å². The van der Waals surface area contributed by atoms with E-state index in [0.29, 0.717) is 30.5 Å². The number of fused-ring (bicyclic) bond motifs is 1. The van der Waals surface area contributed by atoms with Crippen LogP contribution in [0.5, 0.6) is 5.75 Å². The van der Waals surface area contributed by atoms with E-state index in [1.165, 1.54) is 6.26 Å². The molecule has 2 heterocycles. The normalized spacial score (nSPS) is 11.6. The number of rotatable bonds is 8. The van der Waals surface area contributed by atoms with Crippen LogP contribution in [-0.2, 0) is 9.84 Å². The second-order valence-electron chi connectivity index (χ2n) is 6.66. The van der Waals surface area contributed by atoms with E-state index < -0.39 is 9.84 Å². The van der Waals surface area contributed by atoms with Gasteiger partial charge in [0.15, 0.2) is 5.82 Å². The first-order chi connectivity index (χ1) is 14.0. The van der Waals surface area contributed by atoms with Crippen molar-refractivity contribution in [2.75, 3.05) is 23.9 Å². The van der Waals surface area contributed by atoms with Gasteiger partial charge >= 0.3 is 0 Å². The maximum atomic E-state index is 11.1. The molecule has 10 heteroatoms. The molecule has 2 aromatic heterocycles. The van der Waals surface area contributed by atoms with Crippen LogP contribution in [0.4, 0.5) is 11.6 Å². The molecule has 150 valence electrons. The SMILES string of the molecule is CS(=O)(=O)CCCOc1ccc(-c2nc(Nc3ccc4[nH]ncc4c3)n[nH]2)cc1. The third-order valence-electron chi connectivity index (χ3n) is 4.24. The summed E-state index contributed by atoms with van der Waals surface area (Å²) in [6.07, 6.45) is 3.44. The summed E-state index contributed by atoms with van der Waals surface area (Å²) in [5.41, 5.74) is 2.69. The van der Waals surface area contributed by atoms with Crippen molar-refractivity contribution < 1.29 is 13.2 Å². The summed E-state index contributed by atoms with van der Waals surface area (Å²) >= 11 is 0. The van der Waals surface area contributed by atoms with Crippen LogP contribution in [0.2, 0.25) is 0 Å². The quantitative estimate of drug-likeness (QED) is 0.380. The molecule has 0 bridgehead atoms. The summed E-state index contributed by atoms with van der Waals surface area (Å²) in [6, 6.07) is 13.2. The van der Waals surface area contributed by atoms with E-state index in [2.05, 4.69) is 30.7 Å². The maximum Gasteiger partial charge on any atom is 0.246 e. The van der Waals surface area contributed by atoms with Gasteiger partial charge in [-0.05, 0) is 48.9 Å². The van der Waals surface area contributed by atoms with Gasteiger partial charge in [0.1, 0.15) is 15.6 Å². The highest BCUT2D eigenvalue weighted by molar-refractivity contribution is 7.90. The molecule has 2 aromatic carbocycles. The molecule has 0 spiro atoms. The summed E-state index contributed by atoms with van der Waals surface area (Å²) in [7, 11) is -2.96. The minimum absolute atomic E-state index is 0.118. The van der Waals surface area contributed by atoms with Gasteiger partial charge < -0.3 is 10.1 Å². The second-order valence-corrected chi connectivity index (χ2v) is 8.92. The Hall–Kier alpha value is -3.40. The van der Waals surface area contributed by atoms with Crippen LogP contribution in [0.25, 0.3) is 22.3 Å². The lowest BCUT2D eigenvalue weighted by Gasteiger charge is -2.06. The molecule has 0 aliphatic carbocycles. The zero-order valence-corrected chi connectivity index (χ0v) is 16.5. The Morgan fingerprint density at radius 3 is 2.72 bits per heavy atom. The number of aromatic amines is 2. The lowest BCUT2D eigenvalue weighted by atomic mass is 10.2. The number of ether oxygens (including phenoxy) is 1. The van der Waals surface area contributed by atoms with Gasteiger partial charge in [0, 0.05) is 22.9 Å². The van der Waals surface area contributed by atoms with Gasteiger partial charge in [-0.25, -0.2) is 8.42 Å². The number of aromatic nitrogens is 5. The van der Waals surface area contributed by atoms with Crippen LogP contribution < -0.4 is 10.1 Å². The molecule has 29 heavy (non-hydrogen) atoms. The van der Waals surface area contributed by atoms with Gasteiger partial charge in [0.2, 0.25) is 5.95 Å². The molecule has 4 aromatic rings. The average Bonchev–Trinajstić information content (AvgIpc) is 3.34. The Balaban J connectivity index is 1.37. The van der Waals surface area contributed by atoms with Crippen LogP contribution in [0.15, 0.2) is 48.7 Å². The number of hydrogen-bond donors (Lipinski definition) is 3. The van der Waals surface area contributed by atoms with E-state index in [1.54, 1.807) is 6.20 Å². The number of H-pyrrole nitrogens is 2. The molecule has 9 nitrogen and oxygen atoms in total. The molecule has 4 rings (SSSR count). The molecular formula is C19H20N6O3S. The van der Waals surface area contributed by atoms with Crippen LogP contribution in [0.1, 0.15) is 6.42 Å². The first-order valence-corrected chi connectivity index (χ1v) is 11.1. The van der Waals surface area contributed by atoms with Crippen molar-refractivity contribution in [1.82, 2.24) is 25.4 Å². The van der Waals surface area contributed by atoms with Crippen molar-refractivity contribution in [1.29, 1.82) is 0 Å². The lowest BCUT2D eigenvalue weighted by Crippen LogP contribution is -2.07. The highest BCUT2D eigenvalue weighted by Crippen LogP contribution is 2.23. The predicted octanol–water partition coefficient (Wildman–Crippen LogP) is 2.91. The largest absolute Gasteiger partial charge is 0.494 e. The maximum absolute atomic E-state index is 11.1. The molecule has 0 amide bonds. The minimum Gasteiger partial charge on any atom is -0.494 e. The van der Waals surface area contributed by atoms with Crippen molar-refractivity contribution in [2.24, 2.45) is 0 Å². The van der Waals surface area contributed by atoms with Gasteiger partial charge in [0.05, 0.1) is 24.1 Å². The van der Waals surface area contributed by atoms with Gasteiger partial charge in [-0.3, -0.25) is 10.2 Å². The number of sulfone groups is 1. The smallest absolute Gasteiger partial charge is 0.246 e. The molecule has 0 aliphatic heterocycles. The summed E-state index contributed by atoms with van der Waals surface area (Å²) in [6.45, 7) is 0.351. The predicted molar refractivity (Wildman–Crippen MR) is 111 cm³/mol. The monoisotopic (exact) mass is 412 g/mol. The van der Waals surface area contributed by atoms with Crippen molar-refractivity contribution in [3.63, 3.8) is 0 Å². The van der Waals surface area contributed by atoms with E-state index in [-0.39, 0.29) is 5.75 Å². The van der Waals surface area contributed by atoms with Gasteiger partial charge in [-0.1, -0.05) is 0 Å². The third kappa shape index (κ3) is 4.91. The van der Waals surface area contributed by atoms with Crippen molar-refractivity contribution in [3.8, 4) is 17.1 Å².